The third-order valence-electron chi connectivity index (χ3n) is 15.6. The molecular weight excluding hydrogens is 592 g/mol. The number of carbonyl (C=O) groups excluding carboxylic acids is 1. The van der Waals surface area contributed by atoms with Crippen molar-refractivity contribution >= 4 is 5.78 Å². The SMILES string of the molecule is CC(C)(O)C1CCC(C)(C2C(O)CC3(C)C4CC(=O)C5C(C)(C)C(OC6OC(CO)C(O)C(O)C6O)CCC56CC46CCC23C)O1. The number of ether oxygens (including phenoxy) is 3. The lowest BCUT2D eigenvalue weighted by Gasteiger charge is -2.63. The molecule has 6 N–H and O–H groups in total. The molecule has 0 radical (unpaired) electrons. The van der Waals surface area contributed by atoms with Gasteiger partial charge in [0.2, 0.25) is 0 Å². The van der Waals surface area contributed by atoms with Crippen LogP contribution < -0.4 is 0 Å². The second kappa shape index (κ2) is 10.2. The Labute approximate surface area is 273 Å². The average molecular weight is 651 g/mol. The molecule has 7 aliphatic rings. The van der Waals surface area contributed by atoms with Crippen molar-refractivity contribution in [2.24, 2.45) is 44.8 Å². The second-order valence-electron chi connectivity index (χ2n) is 18.5. The summed E-state index contributed by atoms with van der Waals surface area (Å²) in [5.74, 6) is 0.101. The van der Waals surface area contributed by atoms with Crippen LogP contribution in [-0.4, -0.2) is 103 Å². The number of hydrogen-bond donors (Lipinski definition) is 6. The van der Waals surface area contributed by atoms with Crippen LogP contribution >= 0.6 is 0 Å². The van der Waals surface area contributed by atoms with Gasteiger partial charge in [0.05, 0.1) is 36.1 Å². The summed E-state index contributed by atoms with van der Waals surface area (Å²) in [5.41, 5.74) is -2.66. The zero-order valence-corrected chi connectivity index (χ0v) is 28.7. The van der Waals surface area contributed by atoms with Gasteiger partial charge in [-0.3, -0.25) is 4.79 Å². The summed E-state index contributed by atoms with van der Waals surface area (Å²) in [6.07, 6.45) is -0.850. The Balaban J connectivity index is 1.15. The van der Waals surface area contributed by atoms with Gasteiger partial charge in [-0.15, -0.1) is 0 Å². The molecular formula is C36H58O10. The van der Waals surface area contributed by atoms with Gasteiger partial charge in [0.1, 0.15) is 30.2 Å². The van der Waals surface area contributed by atoms with E-state index in [1.165, 1.54) is 0 Å². The fraction of sp³-hybridized carbons (Fsp3) is 0.972. The Morgan fingerprint density at radius 1 is 0.891 bits per heavy atom. The number of aliphatic hydroxyl groups is 6. The first-order valence-corrected chi connectivity index (χ1v) is 17.8. The van der Waals surface area contributed by atoms with Gasteiger partial charge in [0.25, 0.3) is 0 Å². The van der Waals surface area contributed by atoms with Crippen LogP contribution in [0, 0.1) is 44.8 Å². The number of aliphatic hydroxyl groups excluding tert-OH is 5. The fourth-order valence-electron chi connectivity index (χ4n) is 13.4. The van der Waals surface area contributed by atoms with E-state index in [0.29, 0.717) is 19.3 Å². The maximum absolute atomic E-state index is 14.5. The Morgan fingerprint density at radius 2 is 1.59 bits per heavy atom. The molecule has 16 unspecified atom stereocenters. The van der Waals surface area contributed by atoms with Crippen molar-refractivity contribution in [1.82, 2.24) is 0 Å². The average Bonchev–Trinajstić information content (AvgIpc) is 3.31. The van der Waals surface area contributed by atoms with Gasteiger partial charge in [0, 0.05) is 23.7 Å². The number of Topliss-reactive ketones (excluding diaryl/α,β-unsaturated/α-hetero) is 1. The Hall–Kier alpha value is -0.690. The summed E-state index contributed by atoms with van der Waals surface area (Å²) in [6, 6.07) is 0. The highest BCUT2D eigenvalue weighted by Gasteiger charge is 2.85. The smallest absolute Gasteiger partial charge is 0.186 e. The van der Waals surface area contributed by atoms with Crippen LogP contribution in [0.4, 0.5) is 0 Å². The van der Waals surface area contributed by atoms with Crippen molar-refractivity contribution in [1.29, 1.82) is 0 Å². The molecule has 5 aliphatic carbocycles. The molecule has 10 heteroatoms. The maximum Gasteiger partial charge on any atom is 0.186 e. The fourth-order valence-corrected chi connectivity index (χ4v) is 13.4. The first-order chi connectivity index (χ1) is 21.2. The molecule has 2 aliphatic heterocycles. The van der Waals surface area contributed by atoms with Crippen molar-refractivity contribution in [3.63, 3.8) is 0 Å². The Bertz CT molecular complexity index is 1250. The topological polar surface area (TPSA) is 166 Å². The molecule has 10 nitrogen and oxygen atoms in total. The third-order valence-corrected chi connectivity index (χ3v) is 15.6. The van der Waals surface area contributed by atoms with E-state index in [1.54, 1.807) is 13.8 Å². The van der Waals surface area contributed by atoms with Crippen molar-refractivity contribution in [3.05, 3.63) is 0 Å². The van der Waals surface area contributed by atoms with E-state index in [0.717, 1.165) is 38.5 Å². The molecule has 2 spiro atoms. The van der Waals surface area contributed by atoms with Gasteiger partial charge in [-0.1, -0.05) is 27.7 Å². The minimum absolute atomic E-state index is 0.0207. The summed E-state index contributed by atoms with van der Waals surface area (Å²) < 4.78 is 18.8. The summed E-state index contributed by atoms with van der Waals surface area (Å²) in [4.78, 5) is 14.5. The first kappa shape index (κ1) is 33.8. The van der Waals surface area contributed by atoms with Crippen molar-refractivity contribution in [3.8, 4) is 0 Å². The van der Waals surface area contributed by atoms with Crippen LogP contribution in [0.5, 0.6) is 0 Å². The Kier molecular flexibility index (Phi) is 7.49. The molecule has 0 amide bonds. The number of hydrogen-bond acceptors (Lipinski definition) is 10. The van der Waals surface area contributed by atoms with Crippen LogP contribution in [0.3, 0.4) is 0 Å². The maximum atomic E-state index is 14.5. The lowest BCUT2D eigenvalue weighted by Crippen LogP contribution is -2.63. The van der Waals surface area contributed by atoms with Gasteiger partial charge in [0.15, 0.2) is 6.29 Å². The van der Waals surface area contributed by atoms with Gasteiger partial charge in [-0.25, -0.2) is 0 Å². The highest BCUT2D eigenvalue weighted by atomic mass is 16.7. The molecule has 0 bridgehead atoms. The molecule has 2 saturated heterocycles. The summed E-state index contributed by atoms with van der Waals surface area (Å²) >= 11 is 0. The number of ketones is 1. The van der Waals surface area contributed by atoms with Crippen molar-refractivity contribution < 1.29 is 49.6 Å². The van der Waals surface area contributed by atoms with E-state index in [1.807, 2.05) is 0 Å². The molecule has 0 aromatic carbocycles. The number of rotatable bonds is 5. The Morgan fingerprint density at radius 3 is 2.22 bits per heavy atom. The molecule has 262 valence electrons. The summed E-state index contributed by atoms with van der Waals surface area (Å²) in [5, 5.41) is 63.6. The van der Waals surface area contributed by atoms with Crippen LogP contribution in [-0.2, 0) is 19.0 Å². The molecule has 0 aromatic heterocycles. The third kappa shape index (κ3) is 4.17. The number of carbonyl (C=O) groups is 1. The monoisotopic (exact) mass is 650 g/mol. The number of fused-ring (bicyclic) bond motifs is 2. The van der Waals surface area contributed by atoms with E-state index in [-0.39, 0.29) is 51.3 Å². The van der Waals surface area contributed by atoms with Gasteiger partial charge in [-0.2, -0.15) is 0 Å². The predicted octanol–water partition coefficient (Wildman–Crippen LogP) is 2.47. The second-order valence-corrected chi connectivity index (χ2v) is 18.5. The van der Waals surface area contributed by atoms with Gasteiger partial charge < -0.3 is 44.8 Å². The van der Waals surface area contributed by atoms with E-state index >= 15 is 0 Å². The van der Waals surface area contributed by atoms with Crippen molar-refractivity contribution in [2.75, 3.05) is 6.61 Å². The highest BCUT2D eigenvalue weighted by Crippen LogP contribution is 2.88. The zero-order chi connectivity index (χ0) is 33.6. The largest absolute Gasteiger partial charge is 0.394 e. The van der Waals surface area contributed by atoms with E-state index in [2.05, 4.69) is 34.6 Å². The van der Waals surface area contributed by atoms with Crippen LogP contribution in [0.2, 0.25) is 0 Å². The molecule has 0 aromatic rings. The van der Waals surface area contributed by atoms with Crippen molar-refractivity contribution in [2.45, 2.75) is 166 Å². The first-order valence-electron chi connectivity index (χ1n) is 17.8. The van der Waals surface area contributed by atoms with E-state index < -0.39 is 66.1 Å². The molecule has 46 heavy (non-hydrogen) atoms. The lowest BCUT2D eigenvalue weighted by atomic mass is 9.41. The lowest BCUT2D eigenvalue weighted by molar-refractivity contribution is -0.325. The van der Waals surface area contributed by atoms with Crippen LogP contribution in [0.1, 0.15) is 106 Å². The highest BCUT2D eigenvalue weighted by molar-refractivity contribution is 5.86. The van der Waals surface area contributed by atoms with Gasteiger partial charge >= 0.3 is 0 Å². The summed E-state index contributed by atoms with van der Waals surface area (Å²) in [6.45, 7) is 14.1. The molecule has 2 heterocycles. The van der Waals surface area contributed by atoms with Crippen LogP contribution in [0.25, 0.3) is 0 Å². The minimum atomic E-state index is -1.52. The van der Waals surface area contributed by atoms with Crippen LogP contribution in [0.15, 0.2) is 0 Å². The minimum Gasteiger partial charge on any atom is -0.394 e. The van der Waals surface area contributed by atoms with E-state index in [9.17, 15) is 35.4 Å². The van der Waals surface area contributed by atoms with Gasteiger partial charge in [-0.05, 0) is 99.7 Å². The molecule has 16 atom stereocenters. The molecule has 7 fully saturated rings. The zero-order valence-electron chi connectivity index (χ0n) is 28.7. The predicted molar refractivity (Wildman–Crippen MR) is 166 cm³/mol. The molecule has 5 saturated carbocycles. The quantitative estimate of drug-likeness (QED) is 0.244. The normalized spacial score (nSPS) is 57.8. The van der Waals surface area contributed by atoms with E-state index in [4.69, 9.17) is 14.2 Å². The standard InChI is InChI=1S/C36H58O10/c1-30(2)22(45-29-26(42)25(41)24(40)20(16-37)44-29)9-11-36-17-35(36)13-12-32(5)28(34(7)10-8-23(46-34)31(3,4)43)19(39)15-33(32,6)21(35)14-18(38)27(30)36/h19-29,37,39-43H,8-17H2,1-7H3. The summed E-state index contributed by atoms with van der Waals surface area (Å²) in [7, 11) is 0. The molecule has 7 rings (SSSR count).